The number of amides is 2. The van der Waals surface area contributed by atoms with Gasteiger partial charge in [0, 0.05) is 25.8 Å². The summed E-state index contributed by atoms with van der Waals surface area (Å²) in [5.41, 5.74) is 0.938. The molecule has 0 bridgehead atoms. The van der Waals surface area contributed by atoms with Crippen molar-refractivity contribution >= 4 is 17.5 Å². The van der Waals surface area contributed by atoms with Gasteiger partial charge in [-0.15, -0.1) is 0 Å². The van der Waals surface area contributed by atoms with E-state index in [0.717, 1.165) is 25.1 Å². The molecule has 2 aliphatic rings. The summed E-state index contributed by atoms with van der Waals surface area (Å²) in [6.07, 6.45) is 2.54. The number of benzene rings is 1. The zero-order chi connectivity index (χ0) is 15.5. The summed E-state index contributed by atoms with van der Waals surface area (Å²) in [6.45, 7) is 1.18. The van der Waals surface area contributed by atoms with E-state index >= 15 is 0 Å². The Bertz CT molecular complexity index is 546. The summed E-state index contributed by atoms with van der Waals surface area (Å²) in [5.74, 6) is 0.301. The standard InChI is InChI=1S/C17H22N2O3/c1-22-12-10-16(20)18-11-9-15-14(18)7-8-17(21)19(15)13-5-3-2-4-6-13/h2-6,14-15H,7-12H2,1H3/t14-,15-/m0/s1. The van der Waals surface area contributed by atoms with E-state index in [-0.39, 0.29) is 23.9 Å². The summed E-state index contributed by atoms with van der Waals surface area (Å²) in [7, 11) is 1.61. The maximum Gasteiger partial charge on any atom is 0.227 e. The molecule has 2 saturated heterocycles. The van der Waals surface area contributed by atoms with Crippen molar-refractivity contribution in [2.24, 2.45) is 0 Å². The van der Waals surface area contributed by atoms with Gasteiger partial charge in [0.2, 0.25) is 11.8 Å². The summed E-state index contributed by atoms with van der Waals surface area (Å²) < 4.78 is 5.00. The maximum atomic E-state index is 12.4. The van der Waals surface area contributed by atoms with Gasteiger partial charge in [0.05, 0.1) is 25.1 Å². The molecule has 1 aromatic carbocycles. The van der Waals surface area contributed by atoms with E-state index in [0.29, 0.717) is 19.4 Å². The SMILES string of the molecule is COCCC(=O)N1CC[C@H]2[C@@H]1CCC(=O)N2c1ccccc1. The second kappa shape index (κ2) is 6.48. The van der Waals surface area contributed by atoms with Crippen LogP contribution < -0.4 is 4.90 Å². The molecule has 0 saturated carbocycles. The van der Waals surface area contributed by atoms with E-state index in [9.17, 15) is 9.59 Å². The molecule has 2 aliphatic heterocycles. The van der Waals surface area contributed by atoms with Gasteiger partial charge in [0.25, 0.3) is 0 Å². The van der Waals surface area contributed by atoms with Crippen LogP contribution in [0.15, 0.2) is 30.3 Å². The van der Waals surface area contributed by atoms with E-state index in [1.54, 1.807) is 7.11 Å². The number of anilines is 1. The fourth-order valence-corrected chi connectivity index (χ4v) is 3.63. The molecular weight excluding hydrogens is 280 g/mol. The molecule has 3 rings (SSSR count). The maximum absolute atomic E-state index is 12.4. The third-order valence-electron chi connectivity index (χ3n) is 4.64. The zero-order valence-electron chi connectivity index (χ0n) is 12.9. The number of fused-ring (bicyclic) bond motifs is 1. The molecule has 5 heteroatoms. The van der Waals surface area contributed by atoms with Crippen LogP contribution in [-0.4, -0.2) is 49.1 Å². The highest BCUT2D eigenvalue weighted by Crippen LogP contribution is 2.34. The lowest BCUT2D eigenvalue weighted by Crippen LogP contribution is -2.53. The lowest BCUT2D eigenvalue weighted by atomic mass is 9.95. The van der Waals surface area contributed by atoms with Crippen molar-refractivity contribution in [3.63, 3.8) is 0 Å². The highest BCUT2D eigenvalue weighted by atomic mass is 16.5. The van der Waals surface area contributed by atoms with E-state index in [2.05, 4.69) is 0 Å². The van der Waals surface area contributed by atoms with Crippen LogP contribution in [0, 0.1) is 0 Å². The average molecular weight is 302 g/mol. The van der Waals surface area contributed by atoms with Crippen molar-refractivity contribution < 1.29 is 14.3 Å². The molecule has 0 aromatic heterocycles. The zero-order valence-corrected chi connectivity index (χ0v) is 12.9. The normalized spacial score (nSPS) is 24.5. The molecule has 2 fully saturated rings. The molecule has 0 unspecified atom stereocenters. The summed E-state index contributed by atoms with van der Waals surface area (Å²) in [5, 5.41) is 0. The van der Waals surface area contributed by atoms with Gasteiger partial charge in [0.1, 0.15) is 0 Å². The Morgan fingerprint density at radius 2 is 2.00 bits per heavy atom. The minimum absolute atomic E-state index is 0.107. The van der Waals surface area contributed by atoms with Crippen molar-refractivity contribution in [3.8, 4) is 0 Å². The van der Waals surface area contributed by atoms with Gasteiger partial charge in [-0.3, -0.25) is 9.59 Å². The van der Waals surface area contributed by atoms with Gasteiger partial charge in [0.15, 0.2) is 0 Å². The first kappa shape index (κ1) is 15.0. The highest BCUT2D eigenvalue weighted by molar-refractivity contribution is 5.95. The first-order chi connectivity index (χ1) is 10.7. The molecule has 1 aromatic rings. The second-order valence-corrected chi connectivity index (χ2v) is 5.89. The van der Waals surface area contributed by atoms with Crippen molar-refractivity contribution in [1.29, 1.82) is 0 Å². The average Bonchev–Trinajstić information content (AvgIpc) is 2.97. The number of rotatable bonds is 4. The van der Waals surface area contributed by atoms with Crippen molar-refractivity contribution in [2.45, 2.75) is 37.8 Å². The van der Waals surface area contributed by atoms with E-state index in [1.807, 2.05) is 40.1 Å². The van der Waals surface area contributed by atoms with Crippen LogP contribution >= 0.6 is 0 Å². The molecular formula is C17H22N2O3. The Balaban J connectivity index is 1.78. The molecule has 0 spiro atoms. The van der Waals surface area contributed by atoms with Crippen molar-refractivity contribution in [1.82, 2.24) is 4.90 Å². The van der Waals surface area contributed by atoms with Gasteiger partial charge < -0.3 is 14.5 Å². The van der Waals surface area contributed by atoms with Crippen LogP contribution in [0.2, 0.25) is 0 Å². The lowest BCUT2D eigenvalue weighted by molar-refractivity contribution is -0.134. The Morgan fingerprint density at radius 3 is 2.73 bits per heavy atom. The largest absolute Gasteiger partial charge is 0.384 e. The second-order valence-electron chi connectivity index (χ2n) is 5.89. The summed E-state index contributed by atoms with van der Waals surface area (Å²) in [6, 6.07) is 10.0. The molecule has 5 nitrogen and oxygen atoms in total. The number of para-hydroxylation sites is 1. The van der Waals surface area contributed by atoms with Gasteiger partial charge in [-0.1, -0.05) is 18.2 Å². The van der Waals surface area contributed by atoms with Crippen LogP contribution in [0.4, 0.5) is 5.69 Å². The number of nitrogens with zero attached hydrogens (tertiary/aromatic N) is 2. The first-order valence-corrected chi connectivity index (χ1v) is 7.88. The van der Waals surface area contributed by atoms with Gasteiger partial charge in [-0.05, 0) is 25.0 Å². The Labute approximate surface area is 130 Å². The molecule has 0 N–H and O–H groups in total. The third kappa shape index (κ3) is 2.73. The number of methoxy groups -OCH3 is 1. The monoisotopic (exact) mass is 302 g/mol. The number of likely N-dealkylation sites (tertiary alicyclic amines) is 1. The molecule has 0 aliphatic carbocycles. The molecule has 22 heavy (non-hydrogen) atoms. The van der Waals surface area contributed by atoms with E-state index in [4.69, 9.17) is 4.74 Å². The van der Waals surface area contributed by atoms with Crippen LogP contribution in [0.5, 0.6) is 0 Å². The fraction of sp³-hybridized carbons (Fsp3) is 0.529. The van der Waals surface area contributed by atoms with Gasteiger partial charge in [-0.25, -0.2) is 0 Å². The van der Waals surface area contributed by atoms with E-state index in [1.165, 1.54) is 0 Å². The van der Waals surface area contributed by atoms with Gasteiger partial charge >= 0.3 is 0 Å². The topological polar surface area (TPSA) is 49.9 Å². The predicted molar refractivity (Wildman–Crippen MR) is 83.6 cm³/mol. The Morgan fingerprint density at radius 1 is 1.23 bits per heavy atom. The third-order valence-corrected chi connectivity index (χ3v) is 4.64. The lowest BCUT2D eigenvalue weighted by Gasteiger charge is -2.39. The van der Waals surface area contributed by atoms with Crippen LogP contribution in [0.1, 0.15) is 25.7 Å². The summed E-state index contributed by atoms with van der Waals surface area (Å²) in [4.78, 5) is 28.6. The number of ether oxygens (including phenoxy) is 1. The van der Waals surface area contributed by atoms with Gasteiger partial charge in [-0.2, -0.15) is 0 Å². The minimum atomic E-state index is 0.107. The van der Waals surface area contributed by atoms with Crippen LogP contribution in [-0.2, 0) is 14.3 Å². The predicted octanol–water partition coefficient (Wildman–Crippen LogP) is 1.82. The van der Waals surface area contributed by atoms with Crippen LogP contribution in [0.25, 0.3) is 0 Å². The Kier molecular flexibility index (Phi) is 4.43. The number of carbonyl (C=O) groups excluding carboxylic acids is 2. The van der Waals surface area contributed by atoms with Crippen molar-refractivity contribution in [2.75, 3.05) is 25.2 Å². The molecule has 2 heterocycles. The molecule has 118 valence electrons. The number of piperidine rings is 1. The molecule has 0 radical (unpaired) electrons. The minimum Gasteiger partial charge on any atom is -0.384 e. The number of hydrogen-bond donors (Lipinski definition) is 0. The van der Waals surface area contributed by atoms with Crippen LogP contribution in [0.3, 0.4) is 0 Å². The first-order valence-electron chi connectivity index (χ1n) is 7.88. The molecule has 2 atom stereocenters. The van der Waals surface area contributed by atoms with Crippen molar-refractivity contribution in [3.05, 3.63) is 30.3 Å². The summed E-state index contributed by atoms with van der Waals surface area (Å²) >= 11 is 0. The Hall–Kier alpha value is -1.88. The number of carbonyl (C=O) groups is 2. The highest BCUT2D eigenvalue weighted by Gasteiger charge is 2.45. The smallest absolute Gasteiger partial charge is 0.227 e. The van der Waals surface area contributed by atoms with E-state index < -0.39 is 0 Å². The fourth-order valence-electron chi connectivity index (χ4n) is 3.63. The number of hydrogen-bond acceptors (Lipinski definition) is 3. The molecule has 2 amide bonds. The quantitative estimate of drug-likeness (QED) is 0.852.